The molecule has 2 aliphatic heterocycles. The lowest BCUT2D eigenvalue weighted by molar-refractivity contribution is -0.384. The van der Waals surface area contributed by atoms with Crippen LogP contribution in [0.3, 0.4) is 0 Å². The highest BCUT2D eigenvalue weighted by Crippen LogP contribution is 2.47. The Balaban J connectivity index is 1.67. The molecular formula is C23H19BrN6O4. The van der Waals surface area contributed by atoms with Gasteiger partial charge in [0.15, 0.2) is 0 Å². The van der Waals surface area contributed by atoms with Gasteiger partial charge in [-0.3, -0.25) is 15.2 Å². The Morgan fingerprint density at radius 3 is 2.65 bits per heavy atom. The highest BCUT2D eigenvalue weighted by Gasteiger charge is 2.37. The van der Waals surface area contributed by atoms with Crippen LogP contribution in [0.5, 0.6) is 5.88 Å². The Kier molecular flexibility index (Phi) is 5.69. The lowest BCUT2D eigenvalue weighted by Gasteiger charge is -2.29. The average molecular weight is 523 g/mol. The summed E-state index contributed by atoms with van der Waals surface area (Å²) < 4.78 is 11.9. The Labute approximate surface area is 202 Å². The molecule has 172 valence electrons. The van der Waals surface area contributed by atoms with Gasteiger partial charge in [0.2, 0.25) is 11.8 Å². The normalized spacial score (nSPS) is 17.6. The number of nitro benzene ring substituents is 1. The molecule has 1 saturated heterocycles. The summed E-state index contributed by atoms with van der Waals surface area (Å²) in [7, 11) is 0. The molecule has 34 heavy (non-hydrogen) atoms. The van der Waals surface area contributed by atoms with Gasteiger partial charge in [-0.15, -0.1) is 5.10 Å². The van der Waals surface area contributed by atoms with E-state index in [0.717, 1.165) is 10.0 Å². The second-order valence-corrected chi connectivity index (χ2v) is 8.77. The molecule has 10 nitrogen and oxygen atoms in total. The molecule has 1 aromatic heterocycles. The minimum atomic E-state index is -0.691. The number of halogens is 1. The van der Waals surface area contributed by atoms with Crippen LogP contribution in [0.15, 0.2) is 58.4 Å². The first-order valence-corrected chi connectivity index (χ1v) is 11.3. The molecule has 3 aromatic rings. The standard InChI is InChI=1S/C23H19BrN6O4/c24-15-4-1-13(2-5-15)21-20-19(16(12-25)22(26)34-23(20)28-27-21)14-3-6-17(18(11-14)30(31)32)29-7-9-33-10-8-29/h1-6,11,19H,7-10,26H2,(H,27,28). The number of ether oxygens (including phenoxy) is 2. The lowest BCUT2D eigenvalue weighted by atomic mass is 9.82. The molecule has 11 heteroatoms. The van der Waals surface area contributed by atoms with Gasteiger partial charge in [0.25, 0.3) is 5.69 Å². The number of morpholine rings is 1. The molecule has 3 heterocycles. The summed E-state index contributed by atoms with van der Waals surface area (Å²) in [4.78, 5) is 13.6. The maximum atomic E-state index is 12.0. The number of rotatable bonds is 4. The van der Waals surface area contributed by atoms with Crippen molar-refractivity contribution in [3.05, 3.63) is 79.6 Å². The van der Waals surface area contributed by atoms with Crippen molar-refractivity contribution >= 4 is 27.3 Å². The zero-order valence-electron chi connectivity index (χ0n) is 17.8. The highest BCUT2D eigenvalue weighted by atomic mass is 79.9. The number of anilines is 1. The van der Waals surface area contributed by atoms with Crippen molar-refractivity contribution in [2.24, 2.45) is 5.73 Å². The minimum Gasteiger partial charge on any atom is -0.420 e. The van der Waals surface area contributed by atoms with Crippen LogP contribution in [0, 0.1) is 21.4 Å². The van der Waals surface area contributed by atoms with Crippen molar-refractivity contribution in [3.63, 3.8) is 0 Å². The number of H-pyrrole nitrogens is 1. The third kappa shape index (κ3) is 3.76. The number of hydrogen-bond donors (Lipinski definition) is 2. The average Bonchev–Trinajstić information content (AvgIpc) is 3.27. The number of nitriles is 1. The molecule has 5 rings (SSSR count). The molecule has 0 amide bonds. The summed E-state index contributed by atoms with van der Waals surface area (Å²) in [5.74, 6) is -0.531. The van der Waals surface area contributed by atoms with Gasteiger partial charge in [-0.1, -0.05) is 34.1 Å². The SMILES string of the molecule is N#CC1=C(N)Oc2n[nH]c(-c3ccc(Br)cc3)c2C1c1ccc(N2CCOCC2)c([N+](=O)[O-])c1. The second-order valence-electron chi connectivity index (χ2n) is 7.85. The molecule has 0 radical (unpaired) electrons. The second kappa shape index (κ2) is 8.81. The monoisotopic (exact) mass is 522 g/mol. The number of nitrogens with two attached hydrogens (primary N) is 1. The summed E-state index contributed by atoms with van der Waals surface area (Å²) in [6.07, 6.45) is 0. The van der Waals surface area contributed by atoms with Gasteiger partial charge >= 0.3 is 0 Å². The van der Waals surface area contributed by atoms with Crippen LogP contribution in [-0.2, 0) is 4.74 Å². The number of nitrogens with zero attached hydrogens (tertiary/aromatic N) is 4. The van der Waals surface area contributed by atoms with Crippen molar-refractivity contribution in [1.29, 1.82) is 5.26 Å². The molecule has 2 aliphatic rings. The van der Waals surface area contributed by atoms with E-state index in [1.807, 2.05) is 29.2 Å². The van der Waals surface area contributed by atoms with Crippen LogP contribution in [0.1, 0.15) is 17.0 Å². The molecule has 0 spiro atoms. The van der Waals surface area contributed by atoms with Crippen LogP contribution in [0.25, 0.3) is 11.3 Å². The van der Waals surface area contributed by atoms with E-state index in [9.17, 15) is 15.4 Å². The third-order valence-electron chi connectivity index (χ3n) is 5.95. The number of benzene rings is 2. The fraction of sp³-hybridized carbons (Fsp3) is 0.217. The zero-order valence-corrected chi connectivity index (χ0v) is 19.4. The first kappa shape index (κ1) is 21.9. The van der Waals surface area contributed by atoms with E-state index in [-0.39, 0.29) is 23.0 Å². The van der Waals surface area contributed by atoms with Crippen LogP contribution < -0.4 is 15.4 Å². The van der Waals surface area contributed by atoms with E-state index in [1.165, 1.54) is 6.07 Å². The smallest absolute Gasteiger partial charge is 0.292 e. The maximum Gasteiger partial charge on any atom is 0.292 e. The number of hydrogen-bond acceptors (Lipinski definition) is 8. The van der Waals surface area contributed by atoms with Crippen molar-refractivity contribution in [2.45, 2.75) is 5.92 Å². The zero-order chi connectivity index (χ0) is 23.8. The number of nitro groups is 1. The largest absolute Gasteiger partial charge is 0.420 e. The molecule has 0 saturated carbocycles. The molecule has 1 atom stereocenters. The van der Waals surface area contributed by atoms with Gasteiger partial charge in [0.1, 0.15) is 17.3 Å². The van der Waals surface area contributed by atoms with Crippen molar-refractivity contribution in [3.8, 4) is 23.2 Å². The van der Waals surface area contributed by atoms with Crippen LogP contribution in [0.4, 0.5) is 11.4 Å². The summed E-state index contributed by atoms with van der Waals surface area (Å²) in [5, 5.41) is 29.2. The third-order valence-corrected chi connectivity index (χ3v) is 6.48. The van der Waals surface area contributed by atoms with Crippen molar-refractivity contribution in [2.75, 3.05) is 31.2 Å². The molecule has 0 bridgehead atoms. The highest BCUT2D eigenvalue weighted by molar-refractivity contribution is 9.10. The lowest BCUT2D eigenvalue weighted by Crippen LogP contribution is -2.36. The minimum absolute atomic E-state index is 0.0445. The molecule has 2 aromatic carbocycles. The number of nitrogens with one attached hydrogen (secondary N) is 1. The quantitative estimate of drug-likeness (QED) is 0.388. The van der Waals surface area contributed by atoms with Gasteiger partial charge in [-0.05, 0) is 23.8 Å². The van der Waals surface area contributed by atoms with Crippen LogP contribution in [-0.4, -0.2) is 41.4 Å². The topological polar surface area (TPSA) is 143 Å². The summed E-state index contributed by atoms with van der Waals surface area (Å²) >= 11 is 3.43. The molecular weight excluding hydrogens is 504 g/mol. The van der Waals surface area contributed by atoms with Crippen LogP contribution >= 0.6 is 15.9 Å². The fourth-order valence-electron chi connectivity index (χ4n) is 4.35. The molecule has 3 N–H and O–H groups in total. The Hall–Kier alpha value is -3.88. The molecule has 0 aliphatic carbocycles. The van der Waals surface area contributed by atoms with Crippen molar-refractivity contribution < 1.29 is 14.4 Å². The Morgan fingerprint density at radius 2 is 1.97 bits per heavy atom. The van der Waals surface area contributed by atoms with E-state index >= 15 is 0 Å². The number of aromatic nitrogens is 2. The van der Waals surface area contributed by atoms with E-state index in [1.54, 1.807) is 12.1 Å². The van der Waals surface area contributed by atoms with Crippen LogP contribution in [0.2, 0.25) is 0 Å². The predicted octanol–water partition coefficient (Wildman–Crippen LogP) is 3.80. The van der Waals surface area contributed by atoms with Gasteiger partial charge in [0, 0.05) is 29.2 Å². The first-order valence-electron chi connectivity index (χ1n) is 10.5. The van der Waals surface area contributed by atoms with Gasteiger partial charge < -0.3 is 20.1 Å². The molecule has 1 unspecified atom stereocenters. The summed E-state index contributed by atoms with van der Waals surface area (Å²) in [6, 6.07) is 14.7. The Bertz CT molecular complexity index is 1340. The van der Waals surface area contributed by atoms with E-state index in [2.05, 4.69) is 32.2 Å². The summed E-state index contributed by atoms with van der Waals surface area (Å²) in [5.41, 5.74) is 9.32. The predicted molar refractivity (Wildman–Crippen MR) is 127 cm³/mol. The maximum absolute atomic E-state index is 12.0. The molecule has 1 fully saturated rings. The van der Waals surface area contributed by atoms with Gasteiger partial charge in [-0.25, -0.2) is 0 Å². The van der Waals surface area contributed by atoms with E-state index < -0.39 is 10.8 Å². The Morgan fingerprint density at radius 1 is 1.24 bits per heavy atom. The van der Waals surface area contributed by atoms with Crippen molar-refractivity contribution in [1.82, 2.24) is 10.2 Å². The number of allylic oxidation sites excluding steroid dienone is 1. The van der Waals surface area contributed by atoms with E-state index in [4.69, 9.17) is 15.2 Å². The number of aromatic amines is 1. The van der Waals surface area contributed by atoms with Gasteiger partial charge in [-0.2, -0.15) is 5.26 Å². The number of fused-ring (bicyclic) bond motifs is 1. The first-order chi connectivity index (χ1) is 16.5. The van der Waals surface area contributed by atoms with Gasteiger partial charge in [0.05, 0.1) is 35.3 Å². The summed E-state index contributed by atoms with van der Waals surface area (Å²) in [6.45, 7) is 2.14. The fourth-order valence-corrected chi connectivity index (χ4v) is 4.62. The van der Waals surface area contributed by atoms with E-state index in [0.29, 0.717) is 48.8 Å².